The minimum absolute atomic E-state index is 0.452. The van der Waals surface area contributed by atoms with E-state index in [9.17, 15) is 0 Å². The summed E-state index contributed by atoms with van der Waals surface area (Å²) < 4.78 is 0. The highest BCUT2D eigenvalue weighted by Gasteiger charge is 2.09. The average Bonchev–Trinajstić information content (AvgIpc) is 2.24. The Bertz CT molecular complexity index is 286. The van der Waals surface area contributed by atoms with E-state index in [-0.39, 0.29) is 0 Å². The zero-order valence-electron chi connectivity index (χ0n) is 9.59. The lowest BCUT2D eigenvalue weighted by Crippen LogP contribution is -2.20. The second-order valence-corrected chi connectivity index (χ2v) is 4.24. The maximum absolute atomic E-state index is 6.00. The second-order valence-electron chi connectivity index (χ2n) is 3.81. The summed E-state index contributed by atoms with van der Waals surface area (Å²) in [5.74, 6) is 0. The van der Waals surface area contributed by atoms with Crippen molar-refractivity contribution in [3.63, 3.8) is 0 Å². The van der Waals surface area contributed by atoms with Crippen LogP contribution in [0.5, 0.6) is 0 Å². The summed E-state index contributed by atoms with van der Waals surface area (Å²) in [7, 11) is 0. The molecule has 1 unspecified atom stereocenters. The molecule has 0 spiro atoms. The highest BCUT2D eigenvalue weighted by atomic mass is 35.5. The third-order valence-corrected chi connectivity index (χ3v) is 2.78. The topological polar surface area (TPSA) is 12.0 Å². The predicted molar refractivity (Wildman–Crippen MR) is 67.4 cm³/mol. The van der Waals surface area contributed by atoms with Crippen molar-refractivity contribution in [2.24, 2.45) is 0 Å². The first-order chi connectivity index (χ1) is 7.27. The van der Waals surface area contributed by atoms with E-state index in [1.54, 1.807) is 0 Å². The maximum atomic E-state index is 6.00. The van der Waals surface area contributed by atoms with E-state index >= 15 is 0 Å². The van der Waals surface area contributed by atoms with Gasteiger partial charge in [-0.2, -0.15) is 0 Å². The summed E-state index contributed by atoms with van der Waals surface area (Å²) in [5, 5.41) is 4.33. The van der Waals surface area contributed by atoms with E-state index in [0.717, 1.165) is 11.6 Å². The molecular formula is C13H20ClN. The van der Waals surface area contributed by atoms with Crippen LogP contribution in [-0.4, -0.2) is 6.54 Å². The van der Waals surface area contributed by atoms with Crippen LogP contribution in [0.15, 0.2) is 24.3 Å². The van der Waals surface area contributed by atoms with Crippen LogP contribution < -0.4 is 5.32 Å². The van der Waals surface area contributed by atoms with Crippen LogP contribution in [0.4, 0.5) is 0 Å². The number of hydrogen-bond acceptors (Lipinski definition) is 1. The zero-order chi connectivity index (χ0) is 11.1. The van der Waals surface area contributed by atoms with Crippen LogP contribution in [0.3, 0.4) is 0 Å². The Kier molecular flexibility index (Phi) is 5.74. The summed E-state index contributed by atoms with van der Waals surface area (Å²) in [6.07, 6.45) is 3.68. The monoisotopic (exact) mass is 225 g/mol. The lowest BCUT2D eigenvalue weighted by Gasteiger charge is -2.18. The number of rotatable bonds is 6. The van der Waals surface area contributed by atoms with E-state index in [0.29, 0.717) is 6.04 Å². The molecule has 0 aliphatic heterocycles. The van der Waals surface area contributed by atoms with Gasteiger partial charge in [-0.3, -0.25) is 0 Å². The Morgan fingerprint density at radius 1 is 1.33 bits per heavy atom. The third kappa shape index (κ3) is 4.23. The Morgan fingerprint density at radius 3 is 2.73 bits per heavy atom. The van der Waals surface area contributed by atoms with Crippen LogP contribution in [-0.2, 0) is 0 Å². The van der Waals surface area contributed by atoms with Crippen LogP contribution >= 0.6 is 11.6 Å². The summed E-state index contributed by atoms with van der Waals surface area (Å²) in [4.78, 5) is 0. The largest absolute Gasteiger partial charge is 0.310 e. The first kappa shape index (κ1) is 12.5. The lowest BCUT2D eigenvalue weighted by atomic mass is 10.0. The highest BCUT2D eigenvalue weighted by Crippen LogP contribution is 2.22. The molecule has 1 rings (SSSR count). The van der Waals surface area contributed by atoms with Crippen LogP contribution in [0.2, 0.25) is 5.02 Å². The molecule has 0 aliphatic rings. The molecule has 1 N–H and O–H groups in total. The van der Waals surface area contributed by atoms with Gasteiger partial charge in [0.05, 0.1) is 0 Å². The second kappa shape index (κ2) is 6.86. The predicted octanol–water partition coefficient (Wildman–Crippen LogP) is 4.18. The first-order valence-corrected chi connectivity index (χ1v) is 6.14. The van der Waals surface area contributed by atoms with Crippen LogP contribution in [0.1, 0.15) is 44.7 Å². The summed E-state index contributed by atoms with van der Waals surface area (Å²) in [5.41, 5.74) is 1.30. The van der Waals surface area contributed by atoms with E-state index < -0.39 is 0 Å². The van der Waals surface area contributed by atoms with Gasteiger partial charge in [-0.15, -0.1) is 0 Å². The molecule has 0 saturated heterocycles. The van der Waals surface area contributed by atoms with Gasteiger partial charge in [0.2, 0.25) is 0 Å². The molecule has 0 saturated carbocycles. The smallest absolute Gasteiger partial charge is 0.0409 e. The molecule has 0 bridgehead atoms. The van der Waals surface area contributed by atoms with Gasteiger partial charge in [0.25, 0.3) is 0 Å². The van der Waals surface area contributed by atoms with Gasteiger partial charge >= 0.3 is 0 Å². The fourth-order valence-electron chi connectivity index (χ4n) is 1.76. The average molecular weight is 226 g/mol. The van der Waals surface area contributed by atoms with Gasteiger partial charge in [-0.1, -0.05) is 50.4 Å². The number of benzene rings is 1. The van der Waals surface area contributed by atoms with Gasteiger partial charge in [-0.25, -0.2) is 0 Å². The SMILES string of the molecule is CCCCC(NCC)c1cccc(Cl)c1. The quantitative estimate of drug-likeness (QED) is 0.766. The van der Waals surface area contributed by atoms with Crippen molar-refractivity contribution in [1.29, 1.82) is 0 Å². The normalized spacial score (nSPS) is 12.7. The molecule has 1 aromatic rings. The van der Waals surface area contributed by atoms with Gasteiger partial charge in [0.15, 0.2) is 0 Å². The minimum atomic E-state index is 0.452. The van der Waals surface area contributed by atoms with Gasteiger partial charge in [-0.05, 0) is 30.7 Å². The van der Waals surface area contributed by atoms with E-state index in [2.05, 4.69) is 31.3 Å². The van der Waals surface area contributed by atoms with E-state index in [1.165, 1.54) is 24.8 Å². The summed E-state index contributed by atoms with van der Waals surface area (Å²) in [6.45, 7) is 5.37. The van der Waals surface area contributed by atoms with Gasteiger partial charge < -0.3 is 5.32 Å². The summed E-state index contributed by atoms with van der Waals surface area (Å²) >= 11 is 6.00. The number of halogens is 1. The fourth-order valence-corrected chi connectivity index (χ4v) is 1.96. The Balaban J connectivity index is 2.69. The molecule has 0 heterocycles. The molecular weight excluding hydrogens is 206 g/mol. The van der Waals surface area contributed by atoms with Crippen LogP contribution in [0, 0.1) is 0 Å². The van der Waals surface area contributed by atoms with E-state index in [1.807, 2.05) is 12.1 Å². The molecule has 0 aliphatic carbocycles. The zero-order valence-corrected chi connectivity index (χ0v) is 10.3. The lowest BCUT2D eigenvalue weighted by molar-refractivity contribution is 0.495. The maximum Gasteiger partial charge on any atom is 0.0409 e. The van der Waals surface area contributed by atoms with Crippen molar-refractivity contribution in [2.75, 3.05) is 6.54 Å². The molecule has 1 atom stereocenters. The van der Waals surface area contributed by atoms with Gasteiger partial charge in [0, 0.05) is 11.1 Å². The van der Waals surface area contributed by atoms with Gasteiger partial charge in [0.1, 0.15) is 0 Å². The fraction of sp³-hybridized carbons (Fsp3) is 0.538. The standard InChI is InChI=1S/C13H20ClN/c1-3-5-9-13(15-4-2)11-7-6-8-12(14)10-11/h6-8,10,13,15H,3-5,9H2,1-2H3. The van der Waals surface area contributed by atoms with Crippen molar-refractivity contribution in [3.8, 4) is 0 Å². The Hall–Kier alpha value is -0.530. The molecule has 0 radical (unpaired) electrons. The molecule has 0 fully saturated rings. The van der Waals surface area contributed by atoms with Crippen LogP contribution in [0.25, 0.3) is 0 Å². The molecule has 84 valence electrons. The summed E-state index contributed by atoms with van der Waals surface area (Å²) in [6, 6.07) is 8.61. The Morgan fingerprint density at radius 2 is 2.13 bits per heavy atom. The van der Waals surface area contributed by atoms with Crippen molar-refractivity contribution in [3.05, 3.63) is 34.9 Å². The van der Waals surface area contributed by atoms with Crippen molar-refractivity contribution < 1.29 is 0 Å². The Labute approximate surface area is 97.8 Å². The molecule has 1 aromatic carbocycles. The molecule has 15 heavy (non-hydrogen) atoms. The first-order valence-electron chi connectivity index (χ1n) is 5.76. The molecule has 2 heteroatoms. The number of nitrogens with one attached hydrogen (secondary N) is 1. The van der Waals surface area contributed by atoms with Crippen molar-refractivity contribution in [1.82, 2.24) is 5.32 Å². The molecule has 0 aromatic heterocycles. The number of unbranched alkanes of at least 4 members (excludes halogenated alkanes) is 1. The highest BCUT2D eigenvalue weighted by molar-refractivity contribution is 6.30. The minimum Gasteiger partial charge on any atom is -0.310 e. The molecule has 0 amide bonds. The van der Waals surface area contributed by atoms with Crippen molar-refractivity contribution >= 4 is 11.6 Å². The van der Waals surface area contributed by atoms with Crippen molar-refractivity contribution in [2.45, 2.75) is 39.2 Å². The number of hydrogen-bond donors (Lipinski definition) is 1. The van der Waals surface area contributed by atoms with E-state index in [4.69, 9.17) is 11.6 Å². The third-order valence-electron chi connectivity index (χ3n) is 2.55. The molecule has 1 nitrogen and oxygen atoms in total.